The summed E-state index contributed by atoms with van der Waals surface area (Å²) in [5.41, 5.74) is 1.55. The van der Waals surface area contributed by atoms with E-state index in [1.807, 2.05) is 49.4 Å². The minimum atomic E-state index is -1.72. The Labute approximate surface area is 339 Å². The first kappa shape index (κ1) is 41.8. The van der Waals surface area contributed by atoms with E-state index in [-0.39, 0.29) is 49.7 Å². The van der Waals surface area contributed by atoms with Crippen LogP contribution in [0.15, 0.2) is 132 Å². The number of hydrogen-bond acceptors (Lipinski definition) is 14. The molecule has 2 spiro atoms. The van der Waals surface area contributed by atoms with Crippen molar-refractivity contribution in [1.82, 2.24) is 0 Å². The molecule has 14 heteroatoms. The normalized spacial score (nSPS) is 25.7. The molecule has 0 amide bonds. The van der Waals surface area contributed by atoms with Crippen LogP contribution in [0, 0.1) is 0 Å². The van der Waals surface area contributed by atoms with E-state index in [0.29, 0.717) is 11.1 Å². The fourth-order valence-electron chi connectivity index (χ4n) is 6.67. The number of cyclic esters (lactones) is 2. The van der Waals surface area contributed by atoms with Gasteiger partial charge >= 0.3 is 29.8 Å². The molecule has 1 atom stereocenters. The summed E-state index contributed by atoms with van der Waals surface area (Å²) in [5.74, 6) is -10.9. The number of Topliss-reactive ketones (excluding diaryl/α,β-unsaturated/α-hetero) is 1. The number of hydrogen-bond donors (Lipinski definition) is 2. The Bertz CT molecular complexity index is 2200. The zero-order valence-corrected chi connectivity index (χ0v) is 32.5. The molecule has 2 N–H and O–H groups in total. The molecule has 2 saturated heterocycles. The molecule has 0 bridgehead atoms. The molecular formula is C45H42O14. The maximum atomic E-state index is 13.4. The van der Waals surface area contributed by atoms with Crippen molar-refractivity contribution in [1.29, 1.82) is 0 Å². The Morgan fingerprint density at radius 2 is 1.12 bits per heavy atom. The molecular weight excluding hydrogens is 764 g/mol. The average molecular weight is 807 g/mol. The fourth-order valence-corrected chi connectivity index (χ4v) is 6.67. The van der Waals surface area contributed by atoms with E-state index in [9.17, 15) is 39.0 Å². The minimum Gasteiger partial charge on any atom is -0.480 e. The van der Waals surface area contributed by atoms with Crippen molar-refractivity contribution < 1.29 is 67.4 Å². The van der Waals surface area contributed by atoms with Crippen LogP contribution in [0.4, 0.5) is 0 Å². The summed E-state index contributed by atoms with van der Waals surface area (Å²) in [4.78, 5) is 77.2. The number of esters is 5. The zero-order chi connectivity index (χ0) is 42.4. The van der Waals surface area contributed by atoms with Gasteiger partial charge in [0.15, 0.2) is 5.78 Å². The second-order valence-electron chi connectivity index (χ2n) is 14.3. The summed E-state index contributed by atoms with van der Waals surface area (Å²) in [6.45, 7) is 4.49. The molecule has 306 valence electrons. The van der Waals surface area contributed by atoms with E-state index in [4.69, 9.17) is 28.4 Å². The van der Waals surface area contributed by atoms with Gasteiger partial charge in [-0.25, -0.2) is 24.0 Å². The summed E-state index contributed by atoms with van der Waals surface area (Å²) >= 11 is 0. The topological polar surface area (TPSA) is 198 Å². The quantitative estimate of drug-likeness (QED) is 0.0869. The van der Waals surface area contributed by atoms with Crippen LogP contribution in [0.5, 0.6) is 0 Å². The predicted molar refractivity (Wildman–Crippen MR) is 208 cm³/mol. The standard InChI is InChI=1S/C45H42O14/c1-4-11-29(30-12-7-5-8-13-30)16-19-34-39(50)56-44(57-40(34)51)24-26-45(27-25-44)58-41(52)35(42(53)59-45)21-18-32(31-14-9-6-10-15-31)17-20-33-37(48)54-43(3,55-38(33)49)23-22-36(47)28(2)46/h4-21,28,46,52H,22-27H2,1-3H3/b11-4+,21-18+,29-16-,32-17-,33-20?,34-19?. The number of rotatable bonds is 11. The molecule has 6 rings (SSSR count). The van der Waals surface area contributed by atoms with Crippen LogP contribution in [0.1, 0.15) is 70.4 Å². The van der Waals surface area contributed by atoms with Crippen molar-refractivity contribution in [3.8, 4) is 0 Å². The molecule has 1 aliphatic carbocycles. The van der Waals surface area contributed by atoms with Crippen LogP contribution in [0.3, 0.4) is 0 Å². The van der Waals surface area contributed by atoms with Crippen molar-refractivity contribution in [3.63, 3.8) is 0 Å². The summed E-state index contributed by atoms with van der Waals surface area (Å²) < 4.78 is 33.5. The predicted octanol–water partition coefficient (Wildman–Crippen LogP) is 6.09. The van der Waals surface area contributed by atoms with Gasteiger partial charge in [0.05, 0.1) is 0 Å². The van der Waals surface area contributed by atoms with E-state index in [0.717, 1.165) is 11.1 Å². The first-order valence-electron chi connectivity index (χ1n) is 18.9. The number of ketones is 1. The lowest BCUT2D eigenvalue weighted by Crippen LogP contribution is -2.54. The molecule has 3 fully saturated rings. The number of benzene rings is 2. The molecule has 3 aliphatic heterocycles. The monoisotopic (exact) mass is 806 g/mol. The Balaban J connectivity index is 1.14. The van der Waals surface area contributed by atoms with Gasteiger partial charge in [0.2, 0.25) is 0 Å². The summed E-state index contributed by atoms with van der Waals surface area (Å²) in [5, 5.41) is 20.4. The molecule has 2 aromatic carbocycles. The second-order valence-corrected chi connectivity index (χ2v) is 14.3. The Morgan fingerprint density at radius 3 is 1.58 bits per heavy atom. The maximum absolute atomic E-state index is 13.4. The number of ether oxygens (including phenoxy) is 6. The van der Waals surface area contributed by atoms with E-state index in [2.05, 4.69) is 0 Å². The van der Waals surface area contributed by atoms with E-state index in [1.54, 1.807) is 36.4 Å². The largest absolute Gasteiger partial charge is 0.480 e. The fraction of sp³-hybridized carbons (Fsp3) is 0.289. The van der Waals surface area contributed by atoms with E-state index < -0.39 is 70.6 Å². The van der Waals surface area contributed by atoms with E-state index in [1.165, 1.54) is 44.2 Å². The molecule has 59 heavy (non-hydrogen) atoms. The number of carbonyl (C=O) groups is 6. The lowest BCUT2D eigenvalue weighted by molar-refractivity contribution is -0.297. The highest BCUT2D eigenvalue weighted by Crippen LogP contribution is 2.46. The van der Waals surface area contributed by atoms with Gasteiger partial charge in [-0.3, -0.25) is 4.79 Å². The highest BCUT2D eigenvalue weighted by Gasteiger charge is 2.56. The number of allylic oxidation sites excluding steroid dienone is 9. The summed E-state index contributed by atoms with van der Waals surface area (Å²) in [6.07, 6.45) is 9.97. The number of aliphatic hydroxyl groups excluding tert-OH is 2. The van der Waals surface area contributed by atoms with Gasteiger partial charge in [-0.05, 0) is 54.3 Å². The van der Waals surface area contributed by atoms with Gasteiger partial charge in [0.25, 0.3) is 23.3 Å². The molecule has 0 radical (unpaired) electrons. The summed E-state index contributed by atoms with van der Waals surface area (Å²) in [6, 6.07) is 18.1. The smallest absolute Gasteiger partial charge is 0.348 e. The molecule has 14 nitrogen and oxygen atoms in total. The van der Waals surface area contributed by atoms with Crippen LogP contribution >= 0.6 is 0 Å². The lowest BCUT2D eigenvalue weighted by atomic mass is 9.87. The third-order valence-electron chi connectivity index (χ3n) is 9.98. The van der Waals surface area contributed by atoms with Crippen molar-refractivity contribution >= 4 is 46.8 Å². The third kappa shape index (κ3) is 9.67. The van der Waals surface area contributed by atoms with Crippen LogP contribution < -0.4 is 0 Å². The molecule has 1 saturated carbocycles. The van der Waals surface area contributed by atoms with Gasteiger partial charge < -0.3 is 38.6 Å². The van der Waals surface area contributed by atoms with Crippen LogP contribution in [-0.4, -0.2) is 69.3 Å². The van der Waals surface area contributed by atoms with Crippen LogP contribution in [0.25, 0.3) is 11.1 Å². The first-order chi connectivity index (χ1) is 28.1. The Morgan fingerprint density at radius 1 is 0.678 bits per heavy atom. The van der Waals surface area contributed by atoms with Gasteiger partial charge in [0.1, 0.15) is 22.8 Å². The van der Waals surface area contributed by atoms with Crippen molar-refractivity contribution in [2.75, 3.05) is 0 Å². The molecule has 4 aliphatic rings. The van der Waals surface area contributed by atoms with Crippen molar-refractivity contribution in [2.45, 2.75) is 82.8 Å². The molecule has 1 unspecified atom stereocenters. The first-order valence-corrected chi connectivity index (χ1v) is 18.9. The third-order valence-corrected chi connectivity index (χ3v) is 9.98. The molecule has 3 heterocycles. The SMILES string of the molecule is C/C=C/C(=C/C=C1C(=O)OC2(CCC3(CC2)OC(=O)C(/C=C/C(=C/C=C2C(=O)OC(C)(CCC(=O)C(C)O)OC2=O)c2ccccc2)=C(O)O3)OC1=O)c1ccccc1. The molecule has 0 aromatic heterocycles. The van der Waals surface area contributed by atoms with Gasteiger partial charge in [0, 0.05) is 45.4 Å². The summed E-state index contributed by atoms with van der Waals surface area (Å²) in [7, 11) is 0. The van der Waals surface area contributed by atoms with Crippen LogP contribution in [0.2, 0.25) is 0 Å². The maximum Gasteiger partial charge on any atom is 0.348 e. The Kier molecular flexibility index (Phi) is 12.3. The average Bonchev–Trinajstić information content (AvgIpc) is 3.19. The highest BCUT2D eigenvalue weighted by molar-refractivity contribution is 6.16. The van der Waals surface area contributed by atoms with Gasteiger partial charge in [-0.2, -0.15) is 0 Å². The van der Waals surface area contributed by atoms with Crippen LogP contribution in [-0.2, 0) is 57.2 Å². The van der Waals surface area contributed by atoms with Crippen molar-refractivity contribution in [2.24, 2.45) is 0 Å². The minimum absolute atomic E-state index is 0.0905. The highest BCUT2D eigenvalue weighted by atomic mass is 16.8. The van der Waals surface area contributed by atoms with Gasteiger partial charge in [-0.1, -0.05) is 91.0 Å². The molecule has 2 aromatic rings. The lowest BCUT2D eigenvalue weighted by Gasteiger charge is -2.46. The number of aliphatic hydroxyl groups is 2. The number of carbonyl (C=O) groups excluding carboxylic acids is 6. The Hall–Kier alpha value is -6.80. The zero-order valence-electron chi connectivity index (χ0n) is 32.5. The van der Waals surface area contributed by atoms with Crippen molar-refractivity contribution in [3.05, 3.63) is 143 Å². The van der Waals surface area contributed by atoms with Gasteiger partial charge in [-0.15, -0.1) is 0 Å². The van der Waals surface area contributed by atoms with E-state index >= 15 is 0 Å². The second kappa shape index (κ2) is 17.4.